The first-order valence-electron chi connectivity index (χ1n) is 9.78. The van der Waals surface area contributed by atoms with Crippen LogP contribution in [0.4, 0.5) is 14.6 Å². The van der Waals surface area contributed by atoms with Crippen LogP contribution in [0.15, 0.2) is 36.4 Å². The van der Waals surface area contributed by atoms with Gasteiger partial charge in [-0.25, -0.2) is 8.78 Å². The molecule has 2 aromatic carbocycles. The predicted molar refractivity (Wildman–Crippen MR) is 114 cm³/mol. The van der Waals surface area contributed by atoms with Crippen molar-refractivity contribution in [2.75, 3.05) is 44.2 Å². The zero-order valence-corrected chi connectivity index (χ0v) is 17.3. The molecule has 10 heteroatoms. The summed E-state index contributed by atoms with van der Waals surface area (Å²) in [4.78, 5) is 30.4. The molecule has 31 heavy (non-hydrogen) atoms. The maximum absolute atomic E-state index is 13.4. The van der Waals surface area contributed by atoms with Crippen LogP contribution in [0.25, 0.3) is 10.9 Å². The Morgan fingerprint density at radius 1 is 0.871 bits per heavy atom. The van der Waals surface area contributed by atoms with E-state index >= 15 is 0 Å². The van der Waals surface area contributed by atoms with Crippen LogP contribution in [0.5, 0.6) is 0 Å². The van der Waals surface area contributed by atoms with Gasteiger partial charge in [0.1, 0.15) is 11.6 Å². The lowest BCUT2D eigenvalue weighted by atomic mass is 10.1. The largest absolute Gasteiger partial charge is 0.352 e. The minimum absolute atomic E-state index is 0. The Kier molecular flexibility index (Phi) is 5.63. The molecule has 1 aromatic heterocycles. The molecule has 0 bridgehead atoms. The molecule has 2 aliphatic rings. The summed E-state index contributed by atoms with van der Waals surface area (Å²) in [5.41, 5.74) is 1.05. The van der Waals surface area contributed by atoms with Gasteiger partial charge in [-0.1, -0.05) is 0 Å². The second kappa shape index (κ2) is 8.24. The molecule has 3 aromatic rings. The third-order valence-corrected chi connectivity index (χ3v) is 5.75. The third kappa shape index (κ3) is 3.75. The van der Waals surface area contributed by atoms with Gasteiger partial charge in [0.05, 0.1) is 16.6 Å². The molecular formula is C21H20ClF2N5O2. The lowest BCUT2D eigenvalue weighted by molar-refractivity contribution is 0.0634. The maximum atomic E-state index is 13.4. The van der Waals surface area contributed by atoms with E-state index in [-0.39, 0.29) is 41.8 Å². The highest BCUT2D eigenvalue weighted by Gasteiger charge is 2.35. The molecule has 0 atom stereocenters. The van der Waals surface area contributed by atoms with Gasteiger partial charge < -0.3 is 4.90 Å². The molecule has 0 saturated carbocycles. The van der Waals surface area contributed by atoms with Gasteiger partial charge in [-0.3, -0.25) is 24.5 Å². The van der Waals surface area contributed by atoms with E-state index < -0.39 is 11.7 Å². The molecule has 3 heterocycles. The summed E-state index contributed by atoms with van der Waals surface area (Å²) < 4.78 is 26.8. The van der Waals surface area contributed by atoms with Gasteiger partial charge in [0, 0.05) is 44.7 Å². The lowest BCUT2D eigenvalue weighted by Gasteiger charge is -2.35. The summed E-state index contributed by atoms with van der Waals surface area (Å²) in [6.45, 7) is 3.75. The fourth-order valence-electron chi connectivity index (χ4n) is 4.11. The summed E-state index contributed by atoms with van der Waals surface area (Å²) >= 11 is 0. The number of H-pyrrole nitrogens is 1. The van der Waals surface area contributed by atoms with Gasteiger partial charge in [0.2, 0.25) is 0 Å². The van der Waals surface area contributed by atoms with Gasteiger partial charge >= 0.3 is 0 Å². The number of carbonyl (C=O) groups excluding carboxylic acids is 2. The van der Waals surface area contributed by atoms with E-state index in [4.69, 9.17) is 0 Å². The number of halogens is 3. The number of aromatic nitrogens is 2. The summed E-state index contributed by atoms with van der Waals surface area (Å²) in [6, 6.07) is 8.25. The first-order valence-corrected chi connectivity index (χ1v) is 9.78. The highest BCUT2D eigenvalue weighted by molar-refractivity contribution is 6.21. The zero-order valence-electron chi connectivity index (χ0n) is 16.5. The monoisotopic (exact) mass is 447 g/mol. The molecule has 0 aliphatic carbocycles. The Balaban J connectivity index is 0.00000231. The van der Waals surface area contributed by atoms with E-state index in [2.05, 4.69) is 20.0 Å². The van der Waals surface area contributed by atoms with Crippen molar-refractivity contribution in [3.8, 4) is 0 Å². The SMILES string of the molecule is Cl.O=C1c2ccc(F)cc2C(=O)N1CCN1CCN(c2n[nH]c3cc(F)ccc23)CC1. The van der Waals surface area contributed by atoms with E-state index in [9.17, 15) is 18.4 Å². The lowest BCUT2D eigenvalue weighted by Crippen LogP contribution is -2.49. The van der Waals surface area contributed by atoms with Crippen molar-refractivity contribution in [1.29, 1.82) is 0 Å². The van der Waals surface area contributed by atoms with Crippen LogP contribution in [0.1, 0.15) is 20.7 Å². The highest BCUT2D eigenvalue weighted by atomic mass is 35.5. The Bertz CT molecular complexity index is 1160. The second-order valence-corrected chi connectivity index (χ2v) is 7.52. The average molecular weight is 448 g/mol. The molecule has 1 N–H and O–H groups in total. The average Bonchev–Trinajstić information content (AvgIpc) is 3.26. The van der Waals surface area contributed by atoms with Crippen LogP contribution in [0.3, 0.4) is 0 Å². The van der Waals surface area contributed by atoms with E-state index in [0.29, 0.717) is 12.1 Å². The number of fused-ring (bicyclic) bond motifs is 2. The summed E-state index contributed by atoms with van der Waals surface area (Å²) in [5.74, 6) is -0.848. The number of amides is 2. The predicted octanol–water partition coefficient (Wildman–Crippen LogP) is 2.68. The number of carbonyl (C=O) groups is 2. The standard InChI is InChI=1S/C21H19F2N5O2.ClH/c22-13-1-3-15-17(11-13)21(30)28(20(15)29)10-7-26-5-8-27(9-6-26)19-16-4-2-14(23)12-18(16)24-25-19;/h1-4,11-12H,5-10H2,(H,24,25);1H. The quantitative estimate of drug-likeness (QED) is 0.623. The fraction of sp³-hybridized carbons (Fsp3) is 0.286. The first-order chi connectivity index (χ1) is 14.5. The molecule has 1 saturated heterocycles. The number of anilines is 1. The van der Waals surface area contributed by atoms with Crippen molar-refractivity contribution in [1.82, 2.24) is 20.0 Å². The Morgan fingerprint density at radius 3 is 2.32 bits per heavy atom. The molecule has 0 unspecified atom stereocenters. The molecule has 2 amide bonds. The first kappa shape index (κ1) is 21.2. The summed E-state index contributed by atoms with van der Waals surface area (Å²) in [5, 5.41) is 8.08. The van der Waals surface area contributed by atoms with E-state index in [1.165, 1.54) is 29.2 Å². The number of benzene rings is 2. The molecule has 162 valence electrons. The minimum Gasteiger partial charge on any atom is -0.352 e. The number of imide groups is 1. The van der Waals surface area contributed by atoms with Crippen LogP contribution >= 0.6 is 12.4 Å². The van der Waals surface area contributed by atoms with Gasteiger partial charge in [0.25, 0.3) is 11.8 Å². The maximum Gasteiger partial charge on any atom is 0.261 e. The van der Waals surface area contributed by atoms with E-state index in [0.717, 1.165) is 43.4 Å². The Hall–Kier alpha value is -3.04. The van der Waals surface area contributed by atoms with E-state index in [1.807, 2.05) is 0 Å². The highest BCUT2D eigenvalue weighted by Crippen LogP contribution is 2.26. The van der Waals surface area contributed by atoms with Crippen LogP contribution in [-0.4, -0.2) is 71.1 Å². The summed E-state index contributed by atoms with van der Waals surface area (Å²) in [7, 11) is 0. The van der Waals surface area contributed by atoms with Crippen molar-refractivity contribution in [2.45, 2.75) is 0 Å². The van der Waals surface area contributed by atoms with Gasteiger partial charge in [-0.05, 0) is 36.4 Å². The molecule has 5 rings (SSSR count). The Labute approximate surface area is 183 Å². The number of nitrogens with zero attached hydrogens (tertiary/aromatic N) is 4. The molecule has 2 aliphatic heterocycles. The van der Waals surface area contributed by atoms with Crippen LogP contribution in [-0.2, 0) is 0 Å². The summed E-state index contributed by atoms with van der Waals surface area (Å²) in [6.07, 6.45) is 0. The molecule has 1 fully saturated rings. The molecule has 0 radical (unpaired) electrons. The smallest absolute Gasteiger partial charge is 0.261 e. The van der Waals surface area contributed by atoms with Crippen molar-refractivity contribution in [3.63, 3.8) is 0 Å². The number of piperazine rings is 1. The zero-order chi connectivity index (χ0) is 20.8. The fourth-order valence-corrected chi connectivity index (χ4v) is 4.11. The second-order valence-electron chi connectivity index (χ2n) is 7.52. The van der Waals surface area contributed by atoms with Crippen molar-refractivity contribution >= 4 is 40.9 Å². The van der Waals surface area contributed by atoms with Crippen molar-refractivity contribution < 1.29 is 18.4 Å². The van der Waals surface area contributed by atoms with Crippen molar-refractivity contribution in [2.24, 2.45) is 0 Å². The van der Waals surface area contributed by atoms with Gasteiger partial charge in [-0.2, -0.15) is 5.10 Å². The molecular weight excluding hydrogens is 428 g/mol. The van der Waals surface area contributed by atoms with E-state index in [1.54, 1.807) is 6.07 Å². The van der Waals surface area contributed by atoms with Crippen molar-refractivity contribution in [3.05, 3.63) is 59.2 Å². The topological polar surface area (TPSA) is 72.5 Å². The third-order valence-electron chi connectivity index (χ3n) is 5.75. The number of aromatic amines is 1. The number of rotatable bonds is 4. The van der Waals surface area contributed by atoms with Crippen LogP contribution in [0, 0.1) is 11.6 Å². The van der Waals surface area contributed by atoms with Gasteiger partial charge in [-0.15, -0.1) is 12.4 Å². The number of nitrogens with one attached hydrogen (secondary N) is 1. The van der Waals surface area contributed by atoms with Crippen LogP contribution in [0.2, 0.25) is 0 Å². The normalized spacial score (nSPS) is 16.7. The Morgan fingerprint density at radius 2 is 1.55 bits per heavy atom. The minimum atomic E-state index is -0.526. The molecule has 0 spiro atoms. The molecule has 7 nitrogen and oxygen atoms in total. The number of hydrogen-bond donors (Lipinski definition) is 1. The van der Waals surface area contributed by atoms with Gasteiger partial charge in [0.15, 0.2) is 5.82 Å². The number of hydrogen-bond acceptors (Lipinski definition) is 5. The van der Waals surface area contributed by atoms with Crippen LogP contribution < -0.4 is 4.90 Å².